The molecule has 0 bridgehead atoms. The summed E-state index contributed by atoms with van der Waals surface area (Å²) in [5.41, 5.74) is 3.18. The van der Waals surface area contributed by atoms with Crippen molar-refractivity contribution in [2.75, 3.05) is 19.6 Å². The van der Waals surface area contributed by atoms with E-state index >= 15 is 0 Å². The zero-order chi connectivity index (χ0) is 6.81. The summed E-state index contributed by atoms with van der Waals surface area (Å²) in [5, 5.41) is 4.53. The molecule has 0 aromatic rings. The molecule has 1 N–H and O–H groups in total. The summed E-state index contributed by atoms with van der Waals surface area (Å²) in [4.78, 5) is 0. The van der Waals surface area contributed by atoms with E-state index in [1.54, 1.807) is 0 Å². The standard InChI is InChI=1S/C7H13N3/c1-2-6-9(5-1)10-7-3-4-8-10/h3-4,8H,1-2,5-7H2. The fourth-order valence-corrected chi connectivity index (χ4v) is 1.48. The van der Waals surface area contributed by atoms with Gasteiger partial charge in [0.25, 0.3) is 0 Å². The molecule has 0 aromatic carbocycles. The van der Waals surface area contributed by atoms with Gasteiger partial charge in [-0.15, -0.1) is 0 Å². The summed E-state index contributed by atoms with van der Waals surface area (Å²) in [5.74, 6) is 0. The molecule has 3 heteroatoms. The van der Waals surface area contributed by atoms with Crippen LogP contribution < -0.4 is 5.43 Å². The van der Waals surface area contributed by atoms with E-state index in [4.69, 9.17) is 0 Å². The molecule has 0 saturated carbocycles. The van der Waals surface area contributed by atoms with E-state index in [9.17, 15) is 0 Å². The second kappa shape index (κ2) is 2.60. The Balaban J connectivity index is 1.87. The average molecular weight is 139 g/mol. The van der Waals surface area contributed by atoms with Gasteiger partial charge in [-0.2, -0.15) is 5.12 Å². The van der Waals surface area contributed by atoms with Crippen LogP contribution in [0.1, 0.15) is 12.8 Å². The van der Waals surface area contributed by atoms with Crippen LogP contribution in [0.4, 0.5) is 0 Å². The minimum absolute atomic E-state index is 1.03. The quantitative estimate of drug-likeness (QED) is 0.565. The van der Waals surface area contributed by atoms with Crippen molar-refractivity contribution in [2.24, 2.45) is 0 Å². The van der Waals surface area contributed by atoms with Crippen LogP contribution in [-0.4, -0.2) is 29.8 Å². The van der Waals surface area contributed by atoms with Crippen molar-refractivity contribution >= 4 is 0 Å². The topological polar surface area (TPSA) is 18.5 Å². The van der Waals surface area contributed by atoms with Gasteiger partial charge in [0, 0.05) is 19.3 Å². The first-order valence-corrected chi connectivity index (χ1v) is 3.90. The zero-order valence-corrected chi connectivity index (χ0v) is 6.08. The number of nitrogens with one attached hydrogen (secondary N) is 1. The van der Waals surface area contributed by atoms with E-state index < -0.39 is 0 Å². The lowest BCUT2D eigenvalue weighted by Gasteiger charge is -2.26. The first-order chi connectivity index (χ1) is 4.97. The Morgan fingerprint density at radius 2 is 2.00 bits per heavy atom. The molecule has 0 aromatic heterocycles. The SMILES string of the molecule is C1=CNN(N2CCCC2)C1. The van der Waals surface area contributed by atoms with Gasteiger partial charge in [-0.3, -0.25) is 0 Å². The van der Waals surface area contributed by atoms with Crippen LogP contribution in [0.5, 0.6) is 0 Å². The molecule has 0 amide bonds. The van der Waals surface area contributed by atoms with Gasteiger partial charge < -0.3 is 5.43 Å². The molecule has 0 atom stereocenters. The average Bonchev–Trinajstić information content (AvgIpc) is 2.59. The van der Waals surface area contributed by atoms with Crippen LogP contribution >= 0.6 is 0 Å². The fraction of sp³-hybridized carbons (Fsp3) is 0.714. The van der Waals surface area contributed by atoms with Gasteiger partial charge in [0.15, 0.2) is 0 Å². The molecular weight excluding hydrogens is 126 g/mol. The maximum Gasteiger partial charge on any atom is 0.0538 e. The first kappa shape index (κ1) is 6.19. The molecule has 10 heavy (non-hydrogen) atoms. The molecule has 3 nitrogen and oxygen atoms in total. The third kappa shape index (κ3) is 1.02. The van der Waals surface area contributed by atoms with Gasteiger partial charge in [-0.25, -0.2) is 5.01 Å². The third-order valence-corrected chi connectivity index (χ3v) is 2.04. The fourth-order valence-electron chi connectivity index (χ4n) is 1.48. The molecule has 0 aliphatic carbocycles. The molecular formula is C7H13N3. The second-order valence-electron chi connectivity index (χ2n) is 2.77. The van der Waals surface area contributed by atoms with E-state index in [1.807, 2.05) is 6.20 Å². The number of nitrogens with zero attached hydrogens (tertiary/aromatic N) is 2. The maximum absolute atomic E-state index is 3.18. The summed E-state index contributed by atoms with van der Waals surface area (Å²) in [6, 6.07) is 0. The highest BCUT2D eigenvalue weighted by Gasteiger charge is 2.18. The minimum Gasteiger partial charge on any atom is -0.313 e. The van der Waals surface area contributed by atoms with Gasteiger partial charge in [-0.1, -0.05) is 0 Å². The zero-order valence-electron chi connectivity index (χ0n) is 6.08. The third-order valence-electron chi connectivity index (χ3n) is 2.04. The summed E-state index contributed by atoms with van der Waals surface area (Å²) in [7, 11) is 0. The van der Waals surface area contributed by atoms with Crippen LogP contribution in [0.25, 0.3) is 0 Å². The number of hydrogen-bond donors (Lipinski definition) is 1. The smallest absolute Gasteiger partial charge is 0.0538 e. The Hall–Kier alpha value is -0.540. The van der Waals surface area contributed by atoms with Gasteiger partial charge in [0.05, 0.1) is 6.54 Å². The Morgan fingerprint density at radius 3 is 2.60 bits per heavy atom. The predicted molar refractivity (Wildman–Crippen MR) is 39.8 cm³/mol. The van der Waals surface area contributed by atoms with E-state index in [1.165, 1.54) is 25.9 Å². The molecule has 0 unspecified atom stereocenters. The molecule has 1 saturated heterocycles. The summed E-state index contributed by atoms with van der Waals surface area (Å²) < 4.78 is 0. The highest BCUT2D eigenvalue weighted by atomic mass is 15.8. The van der Waals surface area contributed by atoms with E-state index in [-0.39, 0.29) is 0 Å². The lowest BCUT2D eigenvalue weighted by atomic mass is 10.4. The molecule has 2 aliphatic rings. The van der Waals surface area contributed by atoms with Crippen LogP contribution in [0.3, 0.4) is 0 Å². The van der Waals surface area contributed by atoms with Crippen molar-refractivity contribution < 1.29 is 0 Å². The van der Waals surface area contributed by atoms with Gasteiger partial charge in [0.1, 0.15) is 0 Å². The predicted octanol–water partition coefficient (Wildman–Crippen LogP) is 0.331. The minimum atomic E-state index is 1.03. The molecule has 2 heterocycles. The molecule has 56 valence electrons. The highest BCUT2D eigenvalue weighted by molar-refractivity contribution is 4.88. The van der Waals surface area contributed by atoms with Crippen LogP contribution in [-0.2, 0) is 0 Å². The van der Waals surface area contributed by atoms with Crippen LogP contribution in [0.15, 0.2) is 12.3 Å². The van der Waals surface area contributed by atoms with E-state index in [0.717, 1.165) is 6.54 Å². The lowest BCUT2D eigenvalue weighted by molar-refractivity contribution is -0.0168. The molecule has 0 radical (unpaired) electrons. The van der Waals surface area contributed by atoms with Crippen LogP contribution in [0.2, 0.25) is 0 Å². The summed E-state index contributed by atoms with van der Waals surface area (Å²) in [6.45, 7) is 3.46. The van der Waals surface area contributed by atoms with Crippen molar-refractivity contribution in [3.8, 4) is 0 Å². The first-order valence-electron chi connectivity index (χ1n) is 3.90. The Morgan fingerprint density at radius 1 is 1.20 bits per heavy atom. The number of hydrazine groups is 2. The normalized spacial score (nSPS) is 27.6. The highest BCUT2D eigenvalue weighted by Crippen LogP contribution is 2.10. The van der Waals surface area contributed by atoms with Crippen molar-refractivity contribution in [3.05, 3.63) is 12.3 Å². The molecule has 2 rings (SSSR count). The molecule has 1 fully saturated rings. The Bertz CT molecular complexity index is 130. The Kier molecular flexibility index (Phi) is 1.61. The second-order valence-corrected chi connectivity index (χ2v) is 2.77. The summed E-state index contributed by atoms with van der Waals surface area (Å²) in [6.07, 6.45) is 6.83. The van der Waals surface area contributed by atoms with Gasteiger partial charge in [-0.05, 0) is 18.9 Å². The van der Waals surface area contributed by atoms with Crippen molar-refractivity contribution in [3.63, 3.8) is 0 Å². The van der Waals surface area contributed by atoms with Gasteiger partial charge >= 0.3 is 0 Å². The Labute approximate surface area is 61.2 Å². The summed E-state index contributed by atoms with van der Waals surface area (Å²) >= 11 is 0. The maximum atomic E-state index is 3.18. The lowest BCUT2D eigenvalue weighted by Crippen LogP contribution is -2.44. The van der Waals surface area contributed by atoms with E-state index in [0.29, 0.717) is 0 Å². The number of hydrogen-bond acceptors (Lipinski definition) is 3. The van der Waals surface area contributed by atoms with Crippen LogP contribution in [0, 0.1) is 0 Å². The van der Waals surface area contributed by atoms with Crippen molar-refractivity contribution in [1.82, 2.24) is 15.6 Å². The molecule has 2 aliphatic heterocycles. The number of rotatable bonds is 1. The van der Waals surface area contributed by atoms with E-state index in [2.05, 4.69) is 21.6 Å². The van der Waals surface area contributed by atoms with Gasteiger partial charge in [0.2, 0.25) is 0 Å². The molecule has 0 spiro atoms. The van der Waals surface area contributed by atoms with Crippen molar-refractivity contribution in [2.45, 2.75) is 12.8 Å². The largest absolute Gasteiger partial charge is 0.313 e. The monoisotopic (exact) mass is 139 g/mol. The van der Waals surface area contributed by atoms with Crippen molar-refractivity contribution in [1.29, 1.82) is 0 Å².